The topological polar surface area (TPSA) is 55.6 Å². The molecule has 5 nitrogen and oxygen atoms in total. The van der Waals surface area contributed by atoms with Crippen LogP contribution in [0.1, 0.15) is 12.7 Å². The Bertz CT molecular complexity index is 1040. The summed E-state index contributed by atoms with van der Waals surface area (Å²) in [6.45, 7) is 3.65. The fraction of sp³-hybridized carbons (Fsp3) is 0.211. The zero-order valence-electron chi connectivity index (χ0n) is 13.9. The largest absolute Gasteiger partial charge is 0.369 e. The molecule has 4 rings (SSSR count). The molecule has 0 saturated carbocycles. The lowest BCUT2D eigenvalue weighted by atomic mass is 10.2. The molecule has 0 aliphatic rings. The Morgan fingerprint density at radius 1 is 1.08 bits per heavy atom. The van der Waals surface area contributed by atoms with Crippen molar-refractivity contribution in [2.45, 2.75) is 19.9 Å². The number of aryl methyl sites for hydroxylation is 1. The van der Waals surface area contributed by atoms with E-state index in [1.54, 1.807) is 6.07 Å². The maximum absolute atomic E-state index is 13.5. The van der Waals surface area contributed by atoms with Crippen LogP contribution in [0.15, 0.2) is 48.8 Å². The standard InChI is InChI=1S/C19H18FN5/c1-2-25-17-6-4-3-5-16(17)24-18(25)9-10-21-19-14-11-13(20)7-8-15(14)22-12-23-19/h3-8,11-12H,2,9-10H2,1H3,(H,21,22,23). The number of hydrogen-bond acceptors (Lipinski definition) is 4. The second-order valence-corrected chi connectivity index (χ2v) is 5.82. The van der Waals surface area contributed by atoms with Crippen molar-refractivity contribution in [1.82, 2.24) is 19.5 Å². The van der Waals surface area contributed by atoms with Crippen LogP contribution in [0.2, 0.25) is 0 Å². The summed E-state index contributed by atoms with van der Waals surface area (Å²) in [5.41, 5.74) is 2.88. The zero-order chi connectivity index (χ0) is 17.2. The third-order valence-corrected chi connectivity index (χ3v) is 4.29. The van der Waals surface area contributed by atoms with Gasteiger partial charge in [0.05, 0.1) is 16.6 Å². The summed E-state index contributed by atoms with van der Waals surface area (Å²) in [7, 11) is 0. The van der Waals surface area contributed by atoms with Gasteiger partial charge in [-0.1, -0.05) is 12.1 Å². The van der Waals surface area contributed by atoms with Gasteiger partial charge in [-0.05, 0) is 37.3 Å². The first-order chi connectivity index (χ1) is 12.3. The van der Waals surface area contributed by atoms with E-state index in [4.69, 9.17) is 4.98 Å². The van der Waals surface area contributed by atoms with Gasteiger partial charge in [0.2, 0.25) is 0 Å². The van der Waals surface area contributed by atoms with E-state index in [9.17, 15) is 4.39 Å². The van der Waals surface area contributed by atoms with Crippen molar-refractivity contribution in [2.75, 3.05) is 11.9 Å². The zero-order valence-corrected chi connectivity index (χ0v) is 13.9. The summed E-state index contributed by atoms with van der Waals surface area (Å²) >= 11 is 0. The molecule has 0 bridgehead atoms. The van der Waals surface area contributed by atoms with Gasteiger partial charge >= 0.3 is 0 Å². The van der Waals surface area contributed by atoms with Gasteiger partial charge in [-0.15, -0.1) is 0 Å². The lowest BCUT2D eigenvalue weighted by molar-refractivity contribution is 0.629. The molecule has 0 unspecified atom stereocenters. The van der Waals surface area contributed by atoms with E-state index in [0.29, 0.717) is 17.7 Å². The second-order valence-electron chi connectivity index (χ2n) is 5.82. The highest BCUT2D eigenvalue weighted by Gasteiger charge is 2.09. The lowest BCUT2D eigenvalue weighted by Gasteiger charge is -2.09. The molecule has 0 fully saturated rings. The number of hydrogen-bond donors (Lipinski definition) is 1. The molecule has 1 N–H and O–H groups in total. The van der Waals surface area contributed by atoms with Gasteiger partial charge in [-0.3, -0.25) is 0 Å². The summed E-state index contributed by atoms with van der Waals surface area (Å²) in [5.74, 6) is 1.38. The minimum atomic E-state index is -0.293. The van der Waals surface area contributed by atoms with Gasteiger partial charge in [0.15, 0.2) is 0 Å². The van der Waals surface area contributed by atoms with E-state index >= 15 is 0 Å². The SMILES string of the molecule is CCn1c(CCNc2ncnc3ccc(F)cc23)nc2ccccc21. The maximum atomic E-state index is 13.5. The first-order valence-corrected chi connectivity index (χ1v) is 8.34. The predicted molar refractivity (Wildman–Crippen MR) is 97.1 cm³/mol. The molecule has 0 saturated heterocycles. The van der Waals surface area contributed by atoms with Crippen LogP contribution in [-0.4, -0.2) is 26.1 Å². The number of nitrogens with zero attached hydrogens (tertiary/aromatic N) is 4. The number of rotatable bonds is 5. The molecular weight excluding hydrogens is 317 g/mol. The lowest BCUT2D eigenvalue weighted by Crippen LogP contribution is -2.11. The van der Waals surface area contributed by atoms with Crippen molar-refractivity contribution in [1.29, 1.82) is 0 Å². The molecule has 2 aromatic heterocycles. The maximum Gasteiger partial charge on any atom is 0.137 e. The minimum absolute atomic E-state index is 0.293. The highest BCUT2D eigenvalue weighted by molar-refractivity contribution is 5.88. The monoisotopic (exact) mass is 335 g/mol. The highest BCUT2D eigenvalue weighted by atomic mass is 19.1. The second kappa shape index (κ2) is 6.47. The molecule has 6 heteroatoms. The van der Waals surface area contributed by atoms with E-state index < -0.39 is 0 Å². The van der Waals surface area contributed by atoms with Crippen LogP contribution in [-0.2, 0) is 13.0 Å². The summed E-state index contributed by atoms with van der Waals surface area (Å²) < 4.78 is 15.7. The number of imidazole rings is 1. The smallest absolute Gasteiger partial charge is 0.137 e. The van der Waals surface area contributed by atoms with Gasteiger partial charge in [-0.25, -0.2) is 19.3 Å². The molecule has 0 atom stereocenters. The van der Waals surface area contributed by atoms with E-state index in [1.165, 1.54) is 18.5 Å². The Morgan fingerprint density at radius 2 is 1.96 bits per heavy atom. The van der Waals surface area contributed by atoms with Crippen molar-refractivity contribution in [3.8, 4) is 0 Å². The number of nitrogens with one attached hydrogen (secondary N) is 1. The van der Waals surface area contributed by atoms with Gasteiger partial charge in [0.25, 0.3) is 0 Å². The number of aromatic nitrogens is 4. The Labute approximate surface area is 144 Å². The van der Waals surface area contributed by atoms with Crippen LogP contribution < -0.4 is 5.32 Å². The first-order valence-electron chi connectivity index (χ1n) is 8.34. The van der Waals surface area contributed by atoms with E-state index in [2.05, 4.69) is 32.8 Å². The van der Waals surface area contributed by atoms with Crippen LogP contribution >= 0.6 is 0 Å². The average molecular weight is 335 g/mol. The molecule has 2 heterocycles. The molecule has 0 spiro atoms. The molecule has 4 aromatic rings. The van der Waals surface area contributed by atoms with Crippen molar-refractivity contribution in [2.24, 2.45) is 0 Å². The van der Waals surface area contributed by atoms with Crippen LogP contribution in [0, 0.1) is 5.82 Å². The van der Waals surface area contributed by atoms with Crippen LogP contribution in [0.25, 0.3) is 21.9 Å². The quantitative estimate of drug-likeness (QED) is 0.603. The number of anilines is 1. The average Bonchev–Trinajstić information content (AvgIpc) is 2.99. The highest BCUT2D eigenvalue weighted by Crippen LogP contribution is 2.20. The molecule has 2 aromatic carbocycles. The fourth-order valence-corrected chi connectivity index (χ4v) is 3.13. The van der Waals surface area contributed by atoms with E-state index in [0.717, 1.165) is 35.3 Å². The summed E-state index contributed by atoms with van der Waals surface area (Å²) in [6.07, 6.45) is 2.24. The Morgan fingerprint density at radius 3 is 2.84 bits per heavy atom. The van der Waals surface area contributed by atoms with Gasteiger partial charge in [0, 0.05) is 24.9 Å². The molecular formula is C19H18FN5. The summed E-state index contributed by atoms with van der Waals surface area (Å²) in [5, 5.41) is 3.97. The fourth-order valence-electron chi connectivity index (χ4n) is 3.13. The number of fused-ring (bicyclic) bond motifs is 2. The molecule has 25 heavy (non-hydrogen) atoms. The minimum Gasteiger partial charge on any atom is -0.369 e. The number of para-hydroxylation sites is 2. The van der Waals surface area contributed by atoms with Crippen molar-refractivity contribution in [3.05, 3.63) is 60.4 Å². The molecule has 0 radical (unpaired) electrons. The first kappa shape index (κ1) is 15.5. The summed E-state index contributed by atoms with van der Waals surface area (Å²) in [4.78, 5) is 13.1. The molecule has 0 aliphatic heterocycles. The number of halogens is 1. The van der Waals surface area contributed by atoms with Gasteiger partial charge in [0.1, 0.15) is 23.8 Å². The molecule has 126 valence electrons. The summed E-state index contributed by atoms with van der Waals surface area (Å²) in [6, 6.07) is 12.7. The van der Waals surface area contributed by atoms with Gasteiger partial charge in [-0.2, -0.15) is 0 Å². The molecule has 0 amide bonds. The number of benzene rings is 2. The van der Waals surface area contributed by atoms with Crippen molar-refractivity contribution < 1.29 is 4.39 Å². The van der Waals surface area contributed by atoms with E-state index in [1.807, 2.05) is 18.2 Å². The Hall–Kier alpha value is -3.02. The normalized spacial score (nSPS) is 11.3. The third-order valence-electron chi connectivity index (χ3n) is 4.29. The van der Waals surface area contributed by atoms with Crippen LogP contribution in [0.3, 0.4) is 0 Å². The van der Waals surface area contributed by atoms with Crippen molar-refractivity contribution in [3.63, 3.8) is 0 Å². The van der Waals surface area contributed by atoms with Crippen LogP contribution in [0.5, 0.6) is 0 Å². The molecule has 0 aliphatic carbocycles. The van der Waals surface area contributed by atoms with E-state index in [-0.39, 0.29) is 5.82 Å². The Kier molecular flexibility index (Phi) is 4.01. The Balaban J connectivity index is 1.56. The predicted octanol–water partition coefficient (Wildman–Crippen LogP) is 3.79. The van der Waals surface area contributed by atoms with Crippen LogP contribution in [0.4, 0.5) is 10.2 Å². The van der Waals surface area contributed by atoms with Gasteiger partial charge < -0.3 is 9.88 Å². The third kappa shape index (κ3) is 2.91. The van der Waals surface area contributed by atoms with Crippen molar-refractivity contribution >= 4 is 27.8 Å².